The van der Waals surface area contributed by atoms with Crippen molar-refractivity contribution < 1.29 is 8.42 Å². The monoisotopic (exact) mass is 406 g/mol. The van der Waals surface area contributed by atoms with Gasteiger partial charge < -0.3 is 4.90 Å². The molecule has 0 amide bonds. The molecule has 0 bridgehead atoms. The van der Waals surface area contributed by atoms with Crippen molar-refractivity contribution in [2.24, 2.45) is 0 Å². The normalized spacial score (nSPS) is 13.2. The third-order valence-electron chi connectivity index (χ3n) is 3.30. The SMILES string of the molecule is CN(C)CC(NS(=O)(=O)c1cccc(Cl)c1)c1ccc(Cl)c(Cl)c1. The molecule has 0 aliphatic heterocycles. The second-order valence-electron chi connectivity index (χ2n) is 5.57. The largest absolute Gasteiger partial charge is 0.307 e. The van der Waals surface area contributed by atoms with Crippen LogP contribution in [0.4, 0.5) is 0 Å². The van der Waals surface area contributed by atoms with E-state index in [1.54, 1.807) is 30.3 Å². The fourth-order valence-electron chi connectivity index (χ4n) is 2.19. The van der Waals surface area contributed by atoms with E-state index in [0.717, 1.165) is 5.56 Å². The molecule has 1 unspecified atom stereocenters. The number of hydrogen-bond donors (Lipinski definition) is 1. The Hall–Kier alpha value is -0.820. The molecule has 2 aromatic carbocycles. The fourth-order valence-corrected chi connectivity index (χ4v) is 4.02. The van der Waals surface area contributed by atoms with Crippen LogP contribution in [-0.4, -0.2) is 34.0 Å². The second-order valence-corrected chi connectivity index (χ2v) is 8.53. The van der Waals surface area contributed by atoms with Crippen molar-refractivity contribution in [3.8, 4) is 0 Å². The van der Waals surface area contributed by atoms with Crippen molar-refractivity contribution in [2.45, 2.75) is 10.9 Å². The van der Waals surface area contributed by atoms with Crippen molar-refractivity contribution in [3.63, 3.8) is 0 Å². The summed E-state index contributed by atoms with van der Waals surface area (Å²) >= 11 is 17.9. The standard InChI is InChI=1S/C16H17Cl3N2O2S/c1-21(2)10-16(11-6-7-14(18)15(19)8-11)20-24(22,23)13-5-3-4-12(17)9-13/h3-9,16,20H,10H2,1-2H3. The van der Waals surface area contributed by atoms with Crippen LogP contribution in [-0.2, 0) is 10.0 Å². The Labute approximate surface area is 157 Å². The lowest BCUT2D eigenvalue weighted by molar-refractivity contribution is 0.363. The third-order valence-corrected chi connectivity index (χ3v) is 5.74. The molecule has 0 radical (unpaired) electrons. The third kappa shape index (κ3) is 5.09. The molecule has 130 valence electrons. The zero-order chi connectivity index (χ0) is 17.9. The second kappa shape index (κ2) is 8.04. The number of halogens is 3. The van der Waals surface area contributed by atoms with Gasteiger partial charge in [0.25, 0.3) is 0 Å². The maximum atomic E-state index is 12.7. The van der Waals surface area contributed by atoms with E-state index in [2.05, 4.69) is 4.72 Å². The minimum absolute atomic E-state index is 0.110. The highest BCUT2D eigenvalue weighted by atomic mass is 35.5. The highest BCUT2D eigenvalue weighted by molar-refractivity contribution is 7.89. The van der Waals surface area contributed by atoms with Crippen LogP contribution in [0, 0.1) is 0 Å². The van der Waals surface area contributed by atoms with Crippen LogP contribution in [0.1, 0.15) is 11.6 Å². The Morgan fingerprint density at radius 1 is 1.04 bits per heavy atom. The lowest BCUT2D eigenvalue weighted by atomic mass is 10.1. The molecule has 1 N–H and O–H groups in total. The number of hydrogen-bond acceptors (Lipinski definition) is 3. The summed E-state index contributed by atoms with van der Waals surface area (Å²) in [4.78, 5) is 1.99. The van der Waals surface area contributed by atoms with E-state index in [-0.39, 0.29) is 4.90 Å². The van der Waals surface area contributed by atoms with Gasteiger partial charge in [-0.15, -0.1) is 0 Å². The van der Waals surface area contributed by atoms with Gasteiger partial charge in [0, 0.05) is 11.6 Å². The van der Waals surface area contributed by atoms with Gasteiger partial charge in [0.05, 0.1) is 21.0 Å². The van der Waals surface area contributed by atoms with Crippen LogP contribution < -0.4 is 4.72 Å². The molecule has 4 nitrogen and oxygen atoms in total. The van der Waals surface area contributed by atoms with E-state index in [1.807, 2.05) is 19.0 Å². The maximum absolute atomic E-state index is 12.7. The Morgan fingerprint density at radius 2 is 1.75 bits per heavy atom. The Kier molecular flexibility index (Phi) is 6.53. The van der Waals surface area contributed by atoms with Crippen molar-refractivity contribution in [1.82, 2.24) is 9.62 Å². The first-order valence-corrected chi connectivity index (χ1v) is 9.68. The van der Waals surface area contributed by atoms with Crippen LogP contribution in [0.5, 0.6) is 0 Å². The smallest absolute Gasteiger partial charge is 0.241 e. The highest BCUT2D eigenvalue weighted by Gasteiger charge is 2.22. The van der Waals surface area contributed by atoms with Gasteiger partial charge in [-0.1, -0.05) is 46.9 Å². The number of benzene rings is 2. The van der Waals surface area contributed by atoms with Crippen LogP contribution >= 0.6 is 34.8 Å². The van der Waals surface area contributed by atoms with Gasteiger partial charge >= 0.3 is 0 Å². The molecule has 0 fully saturated rings. The zero-order valence-electron chi connectivity index (χ0n) is 13.1. The molecule has 8 heteroatoms. The average molecular weight is 408 g/mol. The first kappa shape index (κ1) is 19.5. The summed E-state index contributed by atoms with van der Waals surface area (Å²) in [7, 11) is -0.0173. The van der Waals surface area contributed by atoms with Crippen molar-refractivity contribution in [2.75, 3.05) is 20.6 Å². The molecular formula is C16H17Cl3N2O2S. The number of nitrogens with zero attached hydrogens (tertiary/aromatic N) is 1. The molecule has 1 atom stereocenters. The summed E-state index contributed by atoms with van der Waals surface area (Å²) in [6.45, 7) is 0.456. The molecule has 0 saturated heterocycles. The molecule has 0 aromatic heterocycles. The molecule has 0 aliphatic rings. The zero-order valence-corrected chi connectivity index (χ0v) is 16.2. The lowest BCUT2D eigenvalue weighted by Crippen LogP contribution is -2.35. The highest BCUT2D eigenvalue weighted by Crippen LogP contribution is 2.27. The van der Waals surface area contributed by atoms with E-state index in [4.69, 9.17) is 34.8 Å². The molecule has 0 aliphatic carbocycles. The quantitative estimate of drug-likeness (QED) is 0.779. The molecule has 24 heavy (non-hydrogen) atoms. The van der Waals surface area contributed by atoms with Crippen molar-refractivity contribution in [3.05, 3.63) is 63.1 Å². The molecule has 2 aromatic rings. The van der Waals surface area contributed by atoms with E-state index >= 15 is 0 Å². The van der Waals surface area contributed by atoms with Gasteiger partial charge in [0.15, 0.2) is 0 Å². The van der Waals surface area contributed by atoms with Crippen LogP contribution in [0.15, 0.2) is 47.4 Å². The van der Waals surface area contributed by atoms with Crippen molar-refractivity contribution in [1.29, 1.82) is 0 Å². The molecule has 0 saturated carbocycles. The summed E-state index contributed by atoms with van der Waals surface area (Å²) in [5.41, 5.74) is 0.726. The van der Waals surface area contributed by atoms with Gasteiger partial charge in [0.1, 0.15) is 0 Å². The molecular weight excluding hydrogens is 391 g/mol. The van der Waals surface area contributed by atoms with Gasteiger partial charge in [-0.25, -0.2) is 13.1 Å². The molecule has 0 heterocycles. The maximum Gasteiger partial charge on any atom is 0.241 e. The van der Waals surface area contributed by atoms with Crippen LogP contribution in [0.2, 0.25) is 15.1 Å². The summed E-state index contributed by atoms with van der Waals surface area (Å²) in [6.07, 6.45) is 0. The number of likely N-dealkylation sites (N-methyl/N-ethyl adjacent to an activating group) is 1. The number of rotatable bonds is 6. The molecule has 2 rings (SSSR count). The average Bonchev–Trinajstić information content (AvgIpc) is 2.48. The fraction of sp³-hybridized carbons (Fsp3) is 0.250. The number of sulfonamides is 1. The van der Waals surface area contributed by atoms with Gasteiger partial charge in [-0.3, -0.25) is 0 Å². The van der Waals surface area contributed by atoms with E-state index < -0.39 is 16.1 Å². The van der Waals surface area contributed by atoms with E-state index in [0.29, 0.717) is 21.6 Å². The summed E-state index contributed by atoms with van der Waals surface area (Å²) < 4.78 is 28.0. The van der Waals surface area contributed by atoms with Gasteiger partial charge in [-0.2, -0.15) is 0 Å². The Morgan fingerprint density at radius 3 is 2.33 bits per heavy atom. The summed E-state index contributed by atoms with van der Waals surface area (Å²) in [5.74, 6) is 0. The van der Waals surface area contributed by atoms with E-state index in [9.17, 15) is 8.42 Å². The summed E-state index contributed by atoms with van der Waals surface area (Å²) in [6, 6.07) is 10.7. The van der Waals surface area contributed by atoms with E-state index in [1.165, 1.54) is 12.1 Å². The minimum Gasteiger partial charge on any atom is -0.307 e. The number of nitrogens with one attached hydrogen (secondary N) is 1. The van der Waals surface area contributed by atoms with Gasteiger partial charge in [-0.05, 0) is 50.0 Å². The van der Waals surface area contributed by atoms with Crippen LogP contribution in [0.25, 0.3) is 0 Å². The van der Waals surface area contributed by atoms with Gasteiger partial charge in [0.2, 0.25) is 10.0 Å². The Bertz CT molecular complexity index is 826. The minimum atomic E-state index is -3.74. The van der Waals surface area contributed by atoms with Crippen LogP contribution in [0.3, 0.4) is 0 Å². The molecule has 0 spiro atoms. The first-order chi connectivity index (χ1) is 11.2. The predicted octanol–water partition coefficient (Wildman–Crippen LogP) is 4.23. The lowest BCUT2D eigenvalue weighted by Gasteiger charge is -2.23. The summed E-state index contributed by atoms with van der Waals surface area (Å²) in [5, 5.41) is 1.15. The van der Waals surface area contributed by atoms with Crippen molar-refractivity contribution >= 4 is 44.8 Å². The topological polar surface area (TPSA) is 49.4 Å². The first-order valence-electron chi connectivity index (χ1n) is 7.06. The Balaban J connectivity index is 2.36. The predicted molar refractivity (Wildman–Crippen MR) is 99.5 cm³/mol.